The van der Waals surface area contributed by atoms with Gasteiger partial charge >= 0.3 is 0 Å². The molecular formula is C10H13NO3. The van der Waals surface area contributed by atoms with Gasteiger partial charge in [0.15, 0.2) is 0 Å². The highest BCUT2D eigenvalue weighted by molar-refractivity contribution is 6.16. The number of hydrogen-bond acceptors (Lipinski definition) is 3. The standard InChI is InChI=1S/C10H13NO3/c1-3-7(8-5-14-8)11-9(12)4-6(2)10(11)13/h4,7-8H,3,5H2,1-2H3. The zero-order valence-electron chi connectivity index (χ0n) is 8.32. The first-order valence-electron chi connectivity index (χ1n) is 4.82. The molecule has 2 rings (SSSR count). The van der Waals surface area contributed by atoms with E-state index in [0.717, 1.165) is 6.42 Å². The molecule has 1 saturated heterocycles. The monoisotopic (exact) mass is 195 g/mol. The molecule has 2 amide bonds. The van der Waals surface area contributed by atoms with Gasteiger partial charge in [-0.3, -0.25) is 14.5 Å². The van der Waals surface area contributed by atoms with Crippen LogP contribution in [0.1, 0.15) is 20.3 Å². The number of hydrogen-bond donors (Lipinski definition) is 0. The SMILES string of the molecule is CCC(C1CO1)N1C(=O)C=C(C)C1=O. The summed E-state index contributed by atoms with van der Waals surface area (Å²) in [6.45, 7) is 4.29. The predicted octanol–water partition coefficient (Wildman–Crippen LogP) is 0.479. The Morgan fingerprint density at radius 2 is 2.29 bits per heavy atom. The Morgan fingerprint density at radius 3 is 2.64 bits per heavy atom. The van der Waals surface area contributed by atoms with E-state index in [2.05, 4.69) is 0 Å². The molecule has 2 unspecified atom stereocenters. The molecule has 2 aliphatic rings. The van der Waals surface area contributed by atoms with Crippen molar-refractivity contribution < 1.29 is 14.3 Å². The van der Waals surface area contributed by atoms with Crippen LogP contribution in [0, 0.1) is 0 Å². The van der Waals surface area contributed by atoms with E-state index in [9.17, 15) is 9.59 Å². The summed E-state index contributed by atoms with van der Waals surface area (Å²) in [5.41, 5.74) is 0.522. The molecule has 0 N–H and O–H groups in total. The number of nitrogens with zero attached hydrogens (tertiary/aromatic N) is 1. The van der Waals surface area contributed by atoms with E-state index in [1.807, 2.05) is 6.92 Å². The summed E-state index contributed by atoms with van der Waals surface area (Å²) in [5.74, 6) is -0.368. The van der Waals surface area contributed by atoms with Crippen LogP contribution in [0.5, 0.6) is 0 Å². The van der Waals surface area contributed by atoms with Gasteiger partial charge in [0.1, 0.15) is 6.10 Å². The van der Waals surface area contributed by atoms with Crippen molar-refractivity contribution in [3.05, 3.63) is 11.6 Å². The molecule has 2 aliphatic heterocycles. The minimum Gasteiger partial charge on any atom is -0.371 e. The number of epoxide rings is 1. The van der Waals surface area contributed by atoms with Gasteiger partial charge in [0.25, 0.3) is 11.8 Å². The number of ether oxygens (including phenoxy) is 1. The molecule has 14 heavy (non-hydrogen) atoms. The van der Waals surface area contributed by atoms with Gasteiger partial charge in [0.05, 0.1) is 12.6 Å². The number of carbonyl (C=O) groups is 2. The average Bonchev–Trinajstić information content (AvgIpc) is 2.91. The number of carbonyl (C=O) groups excluding carboxylic acids is 2. The van der Waals surface area contributed by atoms with Crippen molar-refractivity contribution in [3.63, 3.8) is 0 Å². The lowest BCUT2D eigenvalue weighted by atomic mass is 10.1. The molecule has 0 radical (unpaired) electrons. The van der Waals surface area contributed by atoms with E-state index in [-0.39, 0.29) is 24.0 Å². The van der Waals surface area contributed by atoms with Crippen LogP contribution >= 0.6 is 0 Å². The second kappa shape index (κ2) is 3.20. The van der Waals surface area contributed by atoms with Crippen LogP contribution in [0.4, 0.5) is 0 Å². The quantitative estimate of drug-likeness (QED) is 0.486. The highest BCUT2D eigenvalue weighted by atomic mass is 16.6. The minimum atomic E-state index is -0.199. The van der Waals surface area contributed by atoms with Gasteiger partial charge in [-0.05, 0) is 13.3 Å². The third-order valence-corrected chi connectivity index (χ3v) is 2.67. The fraction of sp³-hybridized carbons (Fsp3) is 0.600. The van der Waals surface area contributed by atoms with Crippen molar-refractivity contribution in [2.24, 2.45) is 0 Å². The molecule has 4 nitrogen and oxygen atoms in total. The Kier molecular flexibility index (Phi) is 2.15. The summed E-state index contributed by atoms with van der Waals surface area (Å²) < 4.78 is 5.14. The van der Waals surface area contributed by atoms with Crippen LogP contribution in [0.15, 0.2) is 11.6 Å². The van der Waals surface area contributed by atoms with E-state index in [1.54, 1.807) is 6.92 Å². The number of imide groups is 1. The van der Waals surface area contributed by atoms with Gasteiger partial charge in [-0.25, -0.2) is 0 Å². The molecule has 2 atom stereocenters. The summed E-state index contributed by atoms with van der Waals surface area (Å²) in [6.07, 6.45) is 2.21. The maximum absolute atomic E-state index is 11.6. The van der Waals surface area contributed by atoms with Crippen molar-refractivity contribution in [1.82, 2.24) is 4.90 Å². The van der Waals surface area contributed by atoms with E-state index in [4.69, 9.17) is 4.74 Å². The first kappa shape index (κ1) is 9.40. The van der Waals surface area contributed by atoms with E-state index < -0.39 is 0 Å². The molecule has 76 valence electrons. The lowest BCUT2D eigenvalue weighted by Crippen LogP contribution is -2.43. The first-order valence-corrected chi connectivity index (χ1v) is 4.82. The lowest BCUT2D eigenvalue weighted by molar-refractivity contribution is -0.140. The second-order valence-corrected chi connectivity index (χ2v) is 3.69. The van der Waals surface area contributed by atoms with Crippen molar-refractivity contribution in [2.75, 3.05) is 6.61 Å². The van der Waals surface area contributed by atoms with Crippen molar-refractivity contribution in [1.29, 1.82) is 0 Å². The maximum atomic E-state index is 11.6. The zero-order chi connectivity index (χ0) is 10.3. The van der Waals surface area contributed by atoms with Crippen molar-refractivity contribution >= 4 is 11.8 Å². The summed E-state index contributed by atoms with van der Waals surface area (Å²) in [7, 11) is 0. The zero-order valence-corrected chi connectivity index (χ0v) is 8.32. The van der Waals surface area contributed by atoms with Gasteiger partial charge in [-0.15, -0.1) is 0 Å². The lowest BCUT2D eigenvalue weighted by Gasteiger charge is -2.23. The van der Waals surface area contributed by atoms with Gasteiger partial charge in [0, 0.05) is 11.6 Å². The van der Waals surface area contributed by atoms with Crippen LogP contribution in [0.2, 0.25) is 0 Å². The molecule has 0 saturated carbocycles. The highest BCUT2D eigenvalue weighted by Gasteiger charge is 2.42. The van der Waals surface area contributed by atoms with Crippen LogP contribution in [-0.2, 0) is 14.3 Å². The smallest absolute Gasteiger partial charge is 0.256 e. The summed E-state index contributed by atoms with van der Waals surface area (Å²) in [6, 6.07) is -0.0799. The Bertz CT molecular complexity index is 317. The summed E-state index contributed by atoms with van der Waals surface area (Å²) in [4.78, 5) is 24.5. The second-order valence-electron chi connectivity index (χ2n) is 3.69. The largest absolute Gasteiger partial charge is 0.371 e. The van der Waals surface area contributed by atoms with Gasteiger partial charge in [-0.1, -0.05) is 6.92 Å². The van der Waals surface area contributed by atoms with E-state index in [1.165, 1.54) is 11.0 Å². The van der Waals surface area contributed by atoms with E-state index in [0.29, 0.717) is 12.2 Å². The van der Waals surface area contributed by atoms with Crippen LogP contribution in [0.3, 0.4) is 0 Å². The van der Waals surface area contributed by atoms with Crippen LogP contribution in [-0.4, -0.2) is 35.5 Å². The number of rotatable bonds is 3. The molecule has 0 aromatic heterocycles. The molecule has 2 heterocycles. The van der Waals surface area contributed by atoms with Crippen LogP contribution in [0.25, 0.3) is 0 Å². The highest BCUT2D eigenvalue weighted by Crippen LogP contribution is 2.26. The molecular weight excluding hydrogens is 182 g/mol. The van der Waals surface area contributed by atoms with Gasteiger partial charge in [0.2, 0.25) is 0 Å². The fourth-order valence-corrected chi connectivity index (χ4v) is 1.81. The van der Waals surface area contributed by atoms with Gasteiger partial charge < -0.3 is 4.74 Å². The molecule has 4 heteroatoms. The van der Waals surface area contributed by atoms with Crippen LogP contribution < -0.4 is 0 Å². The molecule has 0 aromatic carbocycles. The van der Waals surface area contributed by atoms with Gasteiger partial charge in [-0.2, -0.15) is 0 Å². The molecule has 0 aromatic rings. The predicted molar refractivity (Wildman–Crippen MR) is 49.4 cm³/mol. The Labute approximate surface area is 82.5 Å². The Morgan fingerprint density at radius 1 is 1.64 bits per heavy atom. The van der Waals surface area contributed by atoms with Crippen molar-refractivity contribution in [2.45, 2.75) is 32.4 Å². The first-order chi connectivity index (χ1) is 6.65. The molecule has 0 aliphatic carbocycles. The Hall–Kier alpha value is -1.16. The number of amides is 2. The topological polar surface area (TPSA) is 49.9 Å². The molecule has 0 spiro atoms. The maximum Gasteiger partial charge on any atom is 0.256 e. The Balaban J connectivity index is 2.17. The van der Waals surface area contributed by atoms with E-state index >= 15 is 0 Å². The van der Waals surface area contributed by atoms with Crippen molar-refractivity contribution in [3.8, 4) is 0 Å². The normalized spacial score (nSPS) is 28.0. The fourth-order valence-electron chi connectivity index (χ4n) is 1.81. The summed E-state index contributed by atoms with van der Waals surface area (Å²) >= 11 is 0. The molecule has 0 bridgehead atoms. The average molecular weight is 195 g/mol. The third-order valence-electron chi connectivity index (χ3n) is 2.67. The molecule has 1 fully saturated rings. The third kappa shape index (κ3) is 1.35. The summed E-state index contributed by atoms with van der Waals surface area (Å²) in [5, 5.41) is 0. The minimum absolute atomic E-state index is 0.0622.